The molecule has 0 aliphatic heterocycles. The zero-order chi connectivity index (χ0) is 12.0. The van der Waals surface area contributed by atoms with Crippen LogP contribution in [0.3, 0.4) is 0 Å². The summed E-state index contributed by atoms with van der Waals surface area (Å²) >= 11 is 0. The third kappa shape index (κ3) is 3.70. The van der Waals surface area contributed by atoms with Crippen molar-refractivity contribution >= 4 is 11.9 Å². The van der Waals surface area contributed by atoms with Crippen LogP contribution in [0.1, 0.15) is 12.5 Å². The molecule has 1 aromatic carbocycles. The van der Waals surface area contributed by atoms with Crippen LogP contribution in [-0.4, -0.2) is 28.3 Å². The van der Waals surface area contributed by atoms with Gasteiger partial charge >= 0.3 is 5.97 Å². The SMILES string of the molecule is C[C@H](N=C(Cc1ccccc1)OO)C(=O)O. The van der Waals surface area contributed by atoms with Gasteiger partial charge in [-0.25, -0.2) is 15.0 Å². The molecule has 1 aromatic rings. The van der Waals surface area contributed by atoms with Crippen LogP contribution >= 0.6 is 0 Å². The van der Waals surface area contributed by atoms with Crippen molar-refractivity contribution in [3.63, 3.8) is 0 Å². The van der Waals surface area contributed by atoms with E-state index in [9.17, 15) is 4.79 Å². The highest BCUT2D eigenvalue weighted by molar-refractivity contribution is 5.82. The number of hydrogen-bond acceptors (Lipinski definition) is 4. The Hall–Kier alpha value is -1.88. The van der Waals surface area contributed by atoms with E-state index in [1.54, 1.807) is 0 Å². The molecule has 5 heteroatoms. The predicted molar refractivity (Wildman–Crippen MR) is 58.4 cm³/mol. The summed E-state index contributed by atoms with van der Waals surface area (Å²) < 4.78 is 0. The van der Waals surface area contributed by atoms with Crippen LogP contribution in [0.15, 0.2) is 35.3 Å². The van der Waals surface area contributed by atoms with Crippen molar-refractivity contribution in [2.45, 2.75) is 19.4 Å². The van der Waals surface area contributed by atoms with E-state index in [0.717, 1.165) is 5.56 Å². The van der Waals surface area contributed by atoms with Gasteiger partial charge in [0.25, 0.3) is 0 Å². The molecule has 0 spiro atoms. The summed E-state index contributed by atoms with van der Waals surface area (Å²) in [5.74, 6) is -1.08. The van der Waals surface area contributed by atoms with Crippen molar-refractivity contribution in [2.24, 2.45) is 4.99 Å². The minimum atomic E-state index is -1.07. The van der Waals surface area contributed by atoms with Gasteiger partial charge in [0, 0.05) is 0 Å². The van der Waals surface area contributed by atoms with E-state index in [1.165, 1.54) is 6.92 Å². The first-order valence-corrected chi connectivity index (χ1v) is 4.78. The monoisotopic (exact) mass is 223 g/mol. The number of aliphatic carboxylic acids is 1. The molecule has 0 aliphatic carbocycles. The van der Waals surface area contributed by atoms with Crippen molar-refractivity contribution < 1.29 is 20.0 Å². The maximum absolute atomic E-state index is 10.6. The van der Waals surface area contributed by atoms with E-state index in [2.05, 4.69) is 9.88 Å². The second kappa shape index (κ2) is 5.87. The molecule has 5 nitrogen and oxygen atoms in total. The van der Waals surface area contributed by atoms with Gasteiger partial charge in [0.15, 0.2) is 0 Å². The van der Waals surface area contributed by atoms with Gasteiger partial charge in [0.05, 0.1) is 6.42 Å². The minimum Gasteiger partial charge on any atom is -0.480 e. The highest BCUT2D eigenvalue weighted by Crippen LogP contribution is 2.03. The largest absolute Gasteiger partial charge is 0.480 e. The molecule has 1 rings (SSSR count). The van der Waals surface area contributed by atoms with E-state index in [4.69, 9.17) is 10.4 Å². The maximum atomic E-state index is 10.6. The quantitative estimate of drug-likeness (QED) is 0.351. The fraction of sp³-hybridized carbons (Fsp3) is 0.273. The summed E-state index contributed by atoms with van der Waals surface area (Å²) in [5, 5.41) is 17.2. The van der Waals surface area contributed by atoms with Crippen LogP contribution in [0.5, 0.6) is 0 Å². The maximum Gasteiger partial charge on any atom is 0.328 e. The van der Waals surface area contributed by atoms with Crippen LogP contribution in [0.4, 0.5) is 0 Å². The fourth-order valence-electron chi connectivity index (χ4n) is 1.14. The van der Waals surface area contributed by atoms with Crippen molar-refractivity contribution in [1.29, 1.82) is 0 Å². The van der Waals surface area contributed by atoms with Crippen molar-refractivity contribution in [3.05, 3.63) is 35.9 Å². The smallest absolute Gasteiger partial charge is 0.328 e. The first-order chi connectivity index (χ1) is 7.63. The summed E-state index contributed by atoms with van der Waals surface area (Å²) in [5.41, 5.74) is 0.882. The van der Waals surface area contributed by atoms with Gasteiger partial charge in [-0.2, -0.15) is 0 Å². The Balaban J connectivity index is 2.73. The van der Waals surface area contributed by atoms with Gasteiger partial charge in [-0.3, -0.25) is 0 Å². The predicted octanol–water partition coefficient (Wildman–Crippen LogP) is 1.59. The Labute approximate surface area is 92.9 Å². The van der Waals surface area contributed by atoms with E-state index >= 15 is 0 Å². The third-order valence-electron chi connectivity index (χ3n) is 2.00. The lowest BCUT2D eigenvalue weighted by atomic mass is 10.1. The summed E-state index contributed by atoms with van der Waals surface area (Å²) in [4.78, 5) is 18.4. The molecule has 1 atom stereocenters. The van der Waals surface area contributed by atoms with Gasteiger partial charge in [-0.1, -0.05) is 30.3 Å². The molecule has 0 saturated heterocycles. The van der Waals surface area contributed by atoms with Crippen LogP contribution in [-0.2, 0) is 16.1 Å². The molecule has 0 bridgehead atoms. The van der Waals surface area contributed by atoms with E-state index in [1.807, 2.05) is 30.3 Å². The molecule has 0 aromatic heterocycles. The highest BCUT2D eigenvalue weighted by Gasteiger charge is 2.12. The first-order valence-electron chi connectivity index (χ1n) is 4.78. The summed E-state index contributed by atoms with van der Waals surface area (Å²) in [6, 6.07) is 8.27. The Morgan fingerprint density at radius 1 is 1.44 bits per heavy atom. The Bertz CT molecular complexity index is 375. The normalized spacial score (nSPS) is 13.2. The highest BCUT2D eigenvalue weighted by atomic mass is 17.1. The Kier molecular flexibility index (Phi) is 4.47. The molecule has 2 N–H and O–H groups in total. The van der Waals surface area contributed by atoms with Gasteiger partial charge in [0.1, 0.15) is 6.04 Å². The van der Waals surface area contributed by atoms with Gasteiger partial charge in [-0.15, -0.1) is 0 Å². The minimum absolute atomic E-state index is 0.0129. The molecule has 0 fully saturated rings. The van der Waals surface area contributed by atoms with Crippen molar-refractivity contribution in [2.75, 3.05) is 0 Å². The summed E-state index contributed by atoms with van der Waals surface area (Å²) in [6.07, 6.45) is 0.259. The fourth-order valence-corrected chi connectivity index (χ4v) is 1.14. The molecule has 0 amide bonds. The second-order valence-corrected chi connectivity index (χ2v) is 3.29. The number of carboxylic acid groups (broad SMARTS) is 1. The van der Waals surface area contributed by atoms with Gasteiger partial charge in [0.2, 0.25) is 5.90 Å². The van der Waals surface area contributed by atoms with Gasteiger partial charge < -0.3 is 9.99 Å². The van der Waals surface area contributed by atoms with Gasteiger partial charge in [-0.05, 0) is 12.5 Å². The second-order valence-electron chi connectivity index (χ2n) is 3.29. The topological polar surface area (TPSA) is 79.1 Å². The number of aliphatic imine (C=N–C) groups is 1. The molecule has 0 unspecified atom stereocenters. The van der Waals surface area contributed by atoms with Crippen molar-refractivity contribution in [3.8, 4) is 0 Å². The van der Waals surface area contributed by atoms with E-state index in [-0.39, 0.29) is 12.3 Å². The first kappa shape index (κ1) is 12.2. The molecule has 0 heterocycles. The van der Waals surface area contributed by atoms with Crippen molar-refractivity contribution in [1.82, 2.24) is 0 Å². The Morgan fingerprint density at radius 2 is 2.06 bits per heavy atom. The molecular weight excluding hydrogens is 210 g/mol. The molecule has 86 valence electrons. The lowest BCUT2D eigenvalue weighted by Crippen LogP contribution is -2.18. The van der Waals surface area contributed by atoms with E-state index in [0.29, 0.717) is 0 Å². The Morgan fingerprint density at radius 3 is 2.56 bits per heavy atom. The number of hydrogen-bond donors (Lipinski definition) is 2. The molecular formula is C11H13NO4. The average Bonchev–Trinajstić information content (AvgIpc) is 2.29. The molecule has 0 aliphatic rings. The summed E-state index contributed by atoms with van der Waals surface area (Å²) in [7, 11) is 0. The summed E-state index contributed by atoms with van der Waals surface area (Å²) in [6.45, 7) is 1.41. The number of benzene rings is 1. The number of carbonyl (C=O) groups is 1. The number of rotatable bonds is 4. The van der Waals surface area contributed by atoms with E-state index < -0.39 is 12.0 Å². The number of carboxylic acids is 1. The van der Waals surface area contributed by atoms with Crippen LogP contribution in [0, 0.1) is 0 Å². The third-order valence-corrected chi connectivity index (χ3v) is 2.00. The zero-order valence-corrected chi connectivity index (χ0v) is 8.83. The molecule has 16 heavy (non-hydrogen) atoms. The molecule has 0 saturated carbocycles. The zero-order valence-electron chi connectivity index (χ0n) is 8.83. The van der Waals surface area contributed by atoms with Crippen LogP contribution in [0.2, 0.25) is 0 Å². The van der Waals surface area contributed by atoms with Crippen LogP contribution < -0.4 is 0 Å². The molecule has 0 radical (unpaired) electrons. The average molecular weight is 223 g/mol. The van der Waals surface area contributed by atoms with Crippen LogP contribution in [0.25, 0.3) is 0 Å². The number of nitrogens with zero attached hydrogens (tertiary/aromatic N) is 1. The lowest BCUT2D eigenvalue weighted by molar-refractivity contribution is -0.157. The standard InChI is InChI=1S/C11H13NO4/c1-8(11(13)14)12-10(16-15)7-9-5-3-2-4-6-9/h2-6,8,15H,7H2,1H3,(H,13,14)/t8-/m0/s1. The lowest BCUT2D eigenvalue weighted by Gasteiger charge is -2.05.